The molecule has 3 N–H and O–H groups in total. The molecule has 0 bridgehead atoms. The number of rotatable bonds is 3. The number of thioether (sulfide) groups is 1. The van der Waals surface area contributed by atoms with E-state index >= 15 is 0 Å². The van der Waals surface area contributed by atoms with Crippen molar-refractivity contribution in [3.63, 3.8) is 0 Å². The topological polar surface area (TPSA) is 87.7 Å². The van der Waals surface area contributed by atoms with Crippen LogP contribution in [0.2, 0.25) is 0 Å². The van der Waals surface area contributed by atoms with Gasteiger partial charge in [-0.15, -0.1) is 0 Å². The fourth-order valence-electron chi connectivity index (χ4n) is 1.99. The van der Waals surface area contributed by atoms with Crippen LogP contribution < -0.4 is 10.7 Å². The number of nitriles is 2. The van der Waals surface area contributed by atoms with Crippen LogP contribution in [0.5, 0.6) is 0 Å². The third kappa shape index (κ3) is 2.45. The van der Waals surface area contributed by atoms with Crippen LogP contribution in [-0.2, 0) is 0 Å². The monoisotopic (exact) mass is 281 g/mol. The molecular weight excluding hydrogens is 268 g/mol. The summed E-state index contributed by atoms with van der Waals surface area (Å²) in [7, 11) is 0. The predicted octanol–water partition coefficient (Wildman–Crippen LogP) is 2.61. The van der Waals surface area contributed by atoms with Crippen molar-refractivity contribution in [3.05, 3.63) is 41.5 Å². The van der Waals surface area contributed by atoms with Gasteiger partial charge in [-0.1, -0.05) is 49.0 Å². The maximum absolute atomic E-state index is 9.46. The van der Waals surface area contributed by atoms with Crippen molar-refractivity contribution in [1.82, 2.24) is 0 Å². The average molecular weight is 281 g/mol. The van der Waals surface area contributed by atoms with E-state index in [-0.39, 0.29) is 0 Å². The van der Waals surface area contributed by atoms with Gasteiger partial charge in [-0.2, -0.15) is 10.5 Å². The van der Waals surface area contributed by atoms with Crippen molar-refractivity contribution in [2.45, 2.75) is 11.9 Å². The lowest BCUT2D eigenvalue weighted by atomic mass is 9.97. The number of hydrogen-bond acceptors (Lipinski definition) is 4. The Kier molecular flexibility index (Phi) is 4.24. The number of benzene rings is 1. The molecule has 0 spiro atoms. The molecule has 0 radical (unpaired) electrons. The molecule has 2 aromatic rings. The Morgan fingerprint density at radius 2 is 1.80 bits per heavy atom. The number of anilines is 1. The standard InChI is InChI=1S/C15H12N4S/c1-2-20-15-12(9-17)13(10-6-4-3-5-7-10)11(8-16)14(18)19-15/h3-7H,2H2,1H3,(H2,18,19)/p+1. The molecular formula is C15H13N4S+. The van der Waals surface area contributed by atoms with E-state index in [4.69, 9.17) is 5.73 Å². The second-order valence-electron chi connectivity index (χ2n) is 4.02. The van der Waals surface area contributed by atoms with E-state index in [1.54, 1.807) is 0 Å². The van der Waals surface area contributed by atoms with Crippen LogP contribution in [0.15, 0.2) is 35.4 Å². The molecule has 0 unspecified atom stereocenters. The van der Waals surface area contributed by atoms with Crippen molar-refractivity contribution >= 4 is 17.6 Å². The number of pyridine rings is 1. The zero-order valence-corrected chi connectivity index (χ0v) is 11.8. The Hall–Kier alpha value is -2.50. The van der Waals surface area contributed by atoms with Gasteiger partial charge in [0.15, 0.2) is 5.03 Å². The zero-order valence-electron chi connectivity index (χ0n) is 11.0. The van der Waals surface area contributed by atoms with Gasteiger partial charge in [-0.3, -0.25) is 5.73 Å². The fraction of sp³-hybridized carbons (Fsp3) is 0.133. The summed E-state index contributed by atoms with van der Waals surface area (Å²) in [6, 6.07) is 13.7. The number of H-pyrrole nitrogens is 1. The van der Waals surface area contributed by atoms with Crippen molar-refractivity contribution in [2.24, 2.45) is 0 Å². The molecule has 0 fully saturated rings. The number of nitrogens with zero attached hydrogens (tertiary/aromatic N) is 2. The largest absolute Gasteiger partial charge is 0.289 e. The highest BCUT2D eigenvalue weighted by Gasteiger charge is 2.23. The predicted molar refractivity (Wildman–Crippen MR) is 78.7 cm³/mol. The Labute approximate surface area is 121 Å². The van der Waals surface area contributed by atoms with Gasteiger partial charge in [0.1, 0.15) is 23.3 Å². The van der Waals surface area contributed by atoms with Crippen molar-refractivity contribution < 1.29 is 4.98 Å². The highest BCUT2D eigenvalue weighted by molar-refractivity contribution is 7.99. The summed E-state index contributed by atoms with van der Waals surface area (Å²) in [5.41, 5.74) is 8.12. The van der Waals surface area contributed by atoms with Gasteiger partial charge in [-0.05, 0) is 11.3 Å². The van der Waals surface area contributed by atoms with E-state index in [0.29, 0.717) is 27.5 Å². The van der Waals surface area contributed by atoms with Crippen LogP contribution in [0.3, 0.4) is 0 Å². The second kappa shape index (κ2) is 6.10. The Morgan fingerprint density at radius 1 is 1.15 bits per heavy atom. The summed E-state index contributed by atoms with van der Waals surface area (Å²) in [5.74, 6) is 1.10. The molecule has 5 heteroatoms. The molecule has 0 aliphatic rings. The third-order valence-corrected chi connectivity index (χ3v) is 3.70. The molecule has 1 aromatic heterocycles. The summed E-state index contributed by atoms with van der Waals surface area (Å²) in [6.45, 7) is 2.00. The van der Waals surface area contributed by atoms with E-state index in [9.17, 15) is 10.5 Å². The van der Waals surface area contributed by atoms with Gasteiger partial charge in [0.05, 0.1) is 0 Å². The lowest BCUT2D eigenvalue weighted by molar-refractivity contribution is -0.410. The van der Waals surface area contributed by atoms with E-state index in [1.807, 2.05) is 37.3 Å². The van der Waals surface area contributed by atoms with Crippen molar-refractivity contribution in [1.29, 1.82) is 10.5 Å². The van der Waals surface area contributed by atoms with Crippen LogP contribution >= 0.6 is 11.8 Å². The van der Waals surface area contributed by atoms with E-state index in [1.165, 1.54) is 11.8 Å². The van der Waals surface area contributed by atoms with Crippen molar-refractivity contribution in [3.8, 4) is 23.3 Å². The molecule has 0 aliphatic carbocycles. The van der Waals surface area contributed by atoms with Gasteiger partial charge in [-0.25, -0.2) is 4.98 Å². The quantitative estimate of drug-likeness (QED) is 0.876. The molecule has 98 valence electrons. The SMILES string of the molecule is CCSc1[nH+]c(N)c(C#N)c(-c2ccccc2)c1C#N. The normalized spacial score (nSPS) is 9.75. The summed E-state index contributed by atoms with van der Waals surface area (Å²) < 4.78 is 0. The zero-order chi connectivity index (χ0) is 14.5. The fourth-order valence-corrected chi connectivity index (χ4v) is 2.75. The molecule has 0 saturated heterocycles. The van der Waals surface area contributed by atoms with Crippen LogP contribution in [0.1, 0.15) is 18.1 Å². The molecule has 1 heterocycles. The maximum atomic E-state index is 9.46. The van der Waals surface area contributed by atoms with E-state index in [2.05, 4.69) is 17.1 Å². The Morgan fingerprint density at radius 3 is 2.35 bits per heavy atom. The summed E-state index contributed by atoms with van der Waals surface area (Å²) in [4.78, 5) is 2.95. The van der Waals surface area contributed by atoms with Gasteiger partial charge in [0.25, 0.3) is 5.82 Å². The highest BCUT2D eigenvalue weighted by atomic mass is 32.2. The average Bonchev–Trinajstić information content (AvgIpc) is 2.48. The maximum Gasteiger partial charge on any atom is 0.289 e. The Bertz CT molecular complexity index is 711. The van der Waals surface area contributed by atoms with Gasteiger partial charge >= 0.3 is 0 Å². The molecule has 4 nitrogen and oxygen atoms in total. The van der Waals surface area contributed by atoms with E-state index < -0.39 is 0 Å². The molecule has 0 atom stereocenters. The lowest BCUT2D eigenvalue weighted by Gasteiger charge is -2.09. The number of nitrogen functional groups attached to an aromatic ring is 1. The minimum absolute atomic E-state index is 0.293. The van der Waals surface area contributed by atoms with E-state index in [0.717, 1.165) is 11.3 Å². The van der Waals surface area contributed by atoms with Crippen LogP contribution in [0.25, 0.3) is 11.1 Å². The number of aromatic nitrogens is 1. The first kappa shape index (κ1) is 13.9. The first-order valence-corrected chi connectivity index (χ1v) is 7.08. The number of nitrogens with one attached hydrogen (secondary N) is 1. The number of nitrogens with two attached hydrogens (primary N) is 1. The molecule has 20 heavy (non-hydrogen) atoms. The molecule has 0 saturated carbocycles. The molecule has 0 aliphatic heterocycles. The second-order valence-corrected chi connectivity index (χ2v) is 5.29. The Balaban J connectivity index is 2.83. The van der Waals surface area contributed by atoms with Crippen LogP contribution in [-0.4, -0.2) is 5.75 Å². The minimum atomic E-state index is 0.293. The first-order valence-electron chi connectivity index (χ1n) is 6.10. The highest BCUT2D eigenvalue weighted by Crippen LogP contribution is 2.33. The van der Waals surface area contributed by atoms with Gasteiger partial charge in [0, 0.05) is 5.56 Å². The lowest BCUT2D eigenvalue weighted by Crippen LogP contribution is -2.18. The molecule has 1 aromatic carbocycles. The number of hydrogen-bond donors (Lipinski definition) is 1. The molecule has 0 amide bonds. The molecule has 2 rings (SSSR count). The number of aromatic amines is 1. The van der Waals surface area contributed by atoms with Gasteiger partial charge in [0.2, 0.25) is 0 Å². The van der Waals surface area contributed by atoms with Crippen molar-refractivity contribution in [2.75, 3.05) is 11.5 Å². The van der Waals surface area contributed by atoms with Crippen LogP contribution in [0.4, 0.5) is 5.82 Å². The summed E-state index contributed by atoms with van der Waals surface area (Å²) in [5, 5.41) is 19.5. The summed E-state index contributed by atoms with van der Waals surface area (Å²) >= 11 is 1.50. The first-order chi connectivity index (χ1) is 9.72. The van der Waals surface area contributed by atoms with Gasteiger partial charge < -0.3 is 0 Å². The smallest absolute Gasteiger partial charge is 0.286 e. The summed E-state index contributed by atoms with van der Waals surface area (Å²) in [6.07, 6.45) is 0. The third-order valence-electron chi connectivity index (χ3n) is 2.82. The minimum Gasteiger partial charge on any atom is -0.286 e. The van der Waals surface area contributed by atoms with Crippen LogP contribution in [0, 0.1) is 22.7 Å².